The van der Waals surface area contributed by atoms with Gasteiger partial charge in [-0.3, -0.25) is 0 Å². The third-order valence-electron chi connectivity index (χ3n) is 7.42. The Morgan fingerprint density at radius 1 is 1.02 bits per heavy atom. The van der Waals surface area contributed by atoms with Gasteiger partial charge >= 0.3 is 5.97 Å². The summed E-state index contributed by atoms with van der Waals surface area (Å²) in [6.07, 6.45) is 4.80. The lowest BCUT2D eigenvalue weighted by molar-refractivity contribution is 0.0193. The maximum Gasteiger partial charge on any atom is 0.338 e. The summed E-state index contributed by atoms with van der Waals surface area (Å²) in [5.74, 6) is -3.18. The first kappa shape index (κ1) is 29.4. The molecule has 4 nitrogen and oxygen atoms in total. The van der Waals surface area contributed by atoms with Gasteiger partial charge in [-0.2, -0.15) is 0 Å². The number of esters is 1. The fraction of sp³-hybridized carbons (Fsp3) is 0.364. The maximum atomic E-state index is 15.2. The summed E-state index contributed by atoms with van der Waals surface area (Å²) in [6.45, 7) is 5.86. The number of carbonyl (C=O) groups excluding carboxylic acids is 1. The van der Waals surface area contributed by atoms with Crippen molar-refractivity contribution < 1.29 is 32.5 Å². The van der Waals surface area contributed by atoms with Crippen LogP contribution in [0.25, 0.3) is 11.1 Å². The SMILES string of the molecule is C=CCCOc1ccc(C(=O)OC2CCC(c3ccc(-c4ccc(C(O)CCC)cc4)c(F)c3F)CC2)cc1F. The molecule has 40 heavy (non-hydrogen) atoms. The van der Waals surface area contributed by atoms with Gasteiger partial charge in [-0.15, -0.1) is 6.58 Å². The molecule has 212 valence electrons. The summed E-state index contributed by atoms with van der Waals surface area (Å²) < 4.78 is 55.5. The third-order valence-corrected chi connectivity index (χ3v) is 7.42. The molecule has 1 fully saturated rings. The zero-order valence-corrected chi connectivity index (χ0v) is 22.7. The van der Waals surface area contributed by atoms with Crippen molar-refractivity contribution in [2.45, 2.75) is 70.0 Å². The average Bonchev–Trinajstić information content (AvgIpc) is 2.96. The van der Waals surface area contributed by atoms with Gasteiger partial charge < -0.3 is 14.6 Å². The van der Waals surface area contributed by atoms with Crippen LogP contribution in [0, 0.1) is 17.5 Å². The minimum Gasteiger partial charge on any atom is -0.490 e. The minimum atomic E-state index is -0.896. The van der Waals surface area contributed by atoms with Crippen molar-refractivity contribution >= 4 is 5.97 Å². The van der Waals surface area contributed by atoms with E-state index in [1.54, 1.807) is 42.5 Å². The highest BCUT2D eigenvalue weighted by atomic mass is 19.2. The molecular weight excluding hydrogens is 517 g/mol. The molecule has 0 heterocycles. The van der Waals surface area contributed by atoms with Crippen molar-refractivity contribution in [3.63, 3.8) is 0 Å². The molecule has 1 saturated carbocycles. The molecule has 1 N–H and O–H groups in total. The second kappa shape index (κ2) is 13.7. The number of hydrogen-bond acceptors (Lipinski definition) is 4. The first-order valence-electron chi connectivity index (χ1n) is 13.8. The topological polar surface area (TPSA) is 55.8 Å². The molecule has 0 saturated heterocycles. The molecule has 3 aromatic rings. The van der Waals surface area contributed by atoms with Gasteiger partial charge in [0.05, 0.1) is 18.3 Å². The number of carbonyl (C=O) groups is 1. The van der Waals surface area contributed by atoms with Gasteiger partial charge in [-0.05, 0) is 79.3 Å². The van der Waals surface area contributed by atoms with Gasteiger partial charge in [0.1, 0.15) is 6.10 Å². The molecule has 0 aromatic heterocycles. The van der Waals surface area contributed by atoms with Crippen LogP contribution in [-0.4, -0.2) is 23.8 Å². The van der Waals surface area contributed by atoms with Crippen molar-refractivity contribution in [2.24, 2.45) is 0 Å². The second-order valence-corrected chi connectivity index (χ2v) is 10.2. The van der Waals surface area contributed by atoms with E-state index in [1.807, 2.05) is 6.92 Å². The molecule has 0 radical (unpaired) electrons. The fourth-order valence-corrected chi connectivity index (χ4v) is 5.14. The Hall–Kier alpha value is -3.58. The number of benzene rings is 3. The number of aliphatic hydroxyl groups is 1. The van der Waals surface area contributed by atoms with Crippen LogP contribution in [0.3, 0.4) is 0 Å². The Kier molecular flexibility index (Phi) is 10.0. The second-order valence-electron chi connectivity index (χ2n) is 10.2. The van der Waals surface area contributed by atoms with Crippen molar-refractivity contribution in [3.05, 3.63) is 101 Å². The summed E-state index contributed by atoms with van der Waals surface area (Å²) in [5, 5.41) is 10.2. The predicted molar refractivity (Wildman–Crippen MR) is 149 cm³/mol. The molecule has 1 aliphatic rings. The Morgan fingerprint density at radius 2 is 1.75 bits per heavy atom. The maximum absolute atomic E-state index is 15.2. The predicted octanol–water partition coefficient (Wildman–Crippen LogP) is 8.44. The van der Waals surface area contributed by atoms with Crippen LogP contribution >= 0.6 is 0 Å². The van der Waals surface area contributed by atoms with Crippen LogP contribution in [0.15, 0.2) is 67.3 Å². The Balaban J connectivity index is 1.35. The molecular formula is C33H35F3O4. The normalized spacial score (nSPS) is 17.7. The van der Waals surface area contributed by atoms with Crippen LogP contribution in [0.4, 0.5) is 13.2 Å². The first-order valence-corrected chi connectivity index (χ1v) is 13.8. The Morgan fingerprint density at radius 3 is 2.40 bits per heavy atom. The molecule has 1 atom stereocenters. The van der Waals surface area contributed by atoms with E-state index in [2.05, 4.69) is 6.58 Å². The van der Waals surface area contributed by atoms with Crippen LogP contribution in [0.5, 0.6) is 5.75 Å². The molecule has 3 aromatic carbocycles. The summed E-state index contributed by atoms with van der Waals surface area (Å²) in [4.78, 5) is 12.6. The Labute approximate surface area is 233 Å². The van der Waals surface area contributed by atoms with Crippen LogP contribution in [-0.2, 0) is 4.74 Å². The Bertz CT molecular complexity index is 1310. The third kappa shape index (κ3) is 6.94. The lowest BCUT2D eigenvalue weighted by Crippen LogP contribution is -2.24. The zero-order valence-electron chi connectivity index (χ0n) is 22.7. The highest BCUT2D eigenvalue weighted by molar-refractivity contribution is 5.89. The summed E-state index contributed by atoms with van der Waals surface area (Å²) in [5.41, 5.74) is 1.86. The van der Waals surface area contributed by atoms with E-state index in [1.165, 1.54) is 12.1 Å². The van der Waals surface area contributed by atoms with E-state index in [0.717, 1.165) is 18.1 Å². The number of rotatable bonds is 11. The lowest BCUT2D eigenvalue weighted by Gasteiger charge is -2.29. The van der Waals surface area contributed by atoms with Gasteiger partial charge in [0.15, 0.2) is 23.2 Å². The molecule has 1 aliphatic carbocycles. The van der Waals surface area contributed by atoms with Crippen molar-refractivity contribution in [1.82, 2.24) is 0 Å². The number of halogens is 3. The molecule has 0 bridgehead atoms. The van der Waals surface area contributed by atoms with Crippen molar-refractivity contribution in [1.29, 1.82) is 0 Å². The van der Waals surface area contributed by atoms with Crippen LogP contribution in [0.2, 0.25) is 0 Å². The van der Waals surface area contributed by atoms with E-state index in [4.69, 9.17) is 9.47 Å². The molecule has 0 aliphatic heterocycles. The van der Waals surface area contributed by atoms with Crippen molar-refractivity contribution in [3.8, 4) is 16.9 Å². The van der Waals surface area contributed by atoms with Gasteiger partial charge in [0, 0.05) is 5.56 Å². The number of hydrogen-bond donors (Lipinski definition) is 1. The smallest absolute Gasteiger partial charge is 0.338 e. The molecule has 0 spiro atoms. The molecule has 4 rings (SSSR count). The minimum absolute atomic E-state index is 0.0574. The summed E-state index contributed by atoms with van der Waals surface area (Å²) in [6, 6.07) is 14.1. The lowest BCUT2D eigenvalue weighted by atomic mass is 9.82. The quantitative estimate of drug-likeness (QED) is 0.147. The summed E-state index contributed by atoms with van der Waals surface area (Å²) in [7, 11) is 0. The van der Waals surface area contributed by atoms with E-state index in [0.29, 0.717) is 49.7 Å². The fourth-order valence-electron chi connectivity index (χ4n) is 5.14. The van der Waals surface area contributed by atoms with E-state index in [9.17, 15) is 14.3 Å². The molecule has 7 heteroatoms. The summed E-state index contributed by atoms with van der Waals surface area (Å²) >= 11 is 0. The van der Waals surface area contributed by atoms with Gasteiger partial charge in [0.2, 0.25) is 0 Å². The van der Waals surface area contributed by atoms with Gasteiger partial charge in [-0.1, -0.05) is 55.8 Å². The van der Waals surface area contributed by atoms with Gasteiger partial charge in [0.25, 0.3) is 0 Å². The highest BCUT2D eigenvalue weighted by Gasteiger charge is 2.29. The molecule has 0 amide bonds. The van der Waals surface area contributed by atoms with Gasteiger partial charge in [-0.25, -0.2) is 18.0 Å². The highest BCUT2D eigenvalue weighted by Crippen LogP contribution is 2.38. The van der Waals surface area contributed by atoms with Crippen LogP contribution in [0.1, 0.15) is 85.4 Å². The monoisotopic (exact) mass is 552 g/mol. The molecule has 1 unspecified atom stereocenters. The van der Waals surface area contributed by atoms with E-state index >= 15 is 8.78 Å². The van der Waals surface area contributed by atoms with E-state index < -0.39 is 29.5 Å². The number of ether oxygens (including phenoxy) is 2. The van der Waals surface area contributed by atoms with Crippen molar-refractivity contribution in [2.75, 3.05) is 6.61 Å². The van der Waals surface area contributed by atoms with Crippen LogP contribution < -0.4 is 4.74 Å². The standard InChI is InChI=1S/C33H35F3O4/c1-3-5-19-39-30-18-13-24(20-28(30)34)33(38)40-25-14-11-22(12-15-25)27-17-16-26(31(35)32(27)36)21-7-9-23(10-8-21)29(37)6-4-2/h3,7-10,13,16-18,20,22,25,29,37H,1,4-6,11-12,14-15,19H2,2H3. The van der Waals surface area contributed by atoms with E-state index in [-0.39, 0.29) is 35.5 Å². The number of aliphatic hydroxyl groups excluding tert-OH is 1. The average molecular weight is 553 g/mol. The first-order chi connectivity index (χ1) is 19.3. The zero-order chi connectivity index (χ0) is 28.6. The largest absolute Gasteiger partial charge is 0.490 e.